The van der Waals surface area contributed by atoms with Gasteiger partial charge in [-0.1, -0.05) is 220 Å². The molecule has 21 heteroatoms. The van der Waals surface area contributed by atoms with Crippen molar-refractivity contribution >= 4 is 61.1 Å². The van der Waals surface area contributed by atoms with Gasteiger partial charge in [-0.2, -0.15) is 15.8 Å². The Labute approximate surface area is 751 Å². The van der Waals surface area contributed by atoms with Crippen LogP contribution < -0.4 is 18.9 Å². The lowest BCUT2D eigenvalue weighted by molar-refractivity contribution is 0.0693. The Bertz CT molecular complexity index is 7320. The van der Waals surface area contributed by atoms with Crippen molar-refractivity contribution in [3.63, 3.8) is 0 Å². The summed E-state index contributed by atoms with van der Waals surface area (Å²) in [5, 5.41) is 56.0. The molecule has 15 aromatic carbocycles. The number of benzene rings is 15. The molecule has 0 radical (unpaired) electrons. The van der Waals surface area contributed by atoms with Crippen molar-refractivity contribution in [1.29, 1.82) is 15.8 Å². The second-order valence-electron chi connectivity index (χ2n) is 30.3. The smallest absolute Gasteiger partial charge is 0.339 e. The highest BCUT2D eigenvalue weighted by molar-refractivity contribution is 5.93. The monoisotopic (exact) mass is 1710 g/mol. The Morgan fingerprint density at radius 2 is 0.508 bits per heavy atom. The third kappa shape index (κ3) is 20.3. The van der Waals surface area contributed by atoms with E-state index in [1.807, 2.05) is 226 Å². The molecule has 638 valence electrons. The van der Waals surface area contributed by atoms with Crippen LogP contribution in [0.25, 0.3) is 111 Å². The molecule has 0 fully saturated rings. The number of para-hydroxylation sites is 10. The number of nitrogens with zero attached hydrogens (tertiary/aromatic N) is 13. The number of nitriles is 3. The lowest BCUT2D eigenvalue weighted by Gasteiger charge is -2.10. The number of methoxy groups -OCH3 is 4. The Morgan fingerprint density at radius 3 is 0.777 bits per heavy atom. The highest BCUT2D eigenvalue weighted by Crippen LogP contribution is 2.36. The summed E-state index contributed by atoms with van der Waals surface area (Å²) in [7, 11) is 6.34. The first-order chi connectivity index (χ1) is 63.2. The number of ether oxygens (including phenoxy) is 4. The van der Waals surface area contributed by atoms with Gasteiger partial charge in [-0.3, -0.25) is 0 Å². The minimum atomic E-state index is -1.00. The third-order valence-corrected chi connectivity index (χ3v) is 22.2. The van der Waals surface area contributed by atoms with Crippen LogP contribution in [0.1, 0.15) is 62.3 Å². The number of phenols is 2. The van der Waals surface area contributed by atoms with Crippen molar-refractivity contribution in [3.05, 3.63) is 415 Å². The number of phenolic OH excluding ortho intramolecular Hbond substituents is 2. The highest BCUT2D eigenvalue weighted by Gasteiger charge is 2.17. The number of carbonyl (C=O) groups is 1. The van der Waals surface area contributed by atoms with E-state index < -0.39 is 5.97 Å². The first-order valence-corrected chi connectivity index (χ1v) is 41.3. The van der Waals surface area contributed by atoms with Gasteiger partial charge in [0.2, 0.25) is 0 Å². The maximum atomic E-state index is 11.4. The lowest BCUT2D eigenvalue weighted by atomic mass is 10.0. The van der Waals surface area contributed by atoms with E-state index in [9.17, 15) is 25.4 Å². The summed E-state index contributed by atoms with van der Waals surface area (Å²) < 4.78 is 31.7. The highest BCUT2D eigenvalue weighted by atomic mass is 16.5. The van der Waals surface area contributed by atoms with Crippen LogP contribution in [0.3, 0.4) is 0 Å². The van der Waals surface area contributed by atoms with Gasteiger partial charge >= 0.3 is 5.97 Å². The maximum absolute atomic E-state index is 11.4. The average Bonchev–Trinajstić information content (AvgIpc) is 1.68. The van der Waals surface area contributed by atoms with Crippen LogP contribution in [0.2, 0.25) is 0 Å². The fraction of sp³-hybridized carbons (Fsp3) is 0.0917. The summed E-state index contributed by atoms with van der Waals surface area (Å²) in [6.07, 6.45) is 9.34. The molecule has 0 spiro atoms. The summed E-state index contributed by atoms with van der Waals surface area (Å²) in [6.45, 7) is 3.79. The molecule has 20 rings (SSSR count). The van der Waals surface area contributed by atoms with Crippen LogP contribution in [0, 0.1) is 34.0 Å². The van der Waals surface area contributed by atoms with Crippen molar-refractivity contribution in [2.45, 2.75) is 40.2 Å². The number of carboxylic acids is 1. The molecule has 21 nitrogen and oxygen atoms in total. The number of fused-ring (bicyclic) bond motifs is 5. The fourth-order valence-corrected chi connectivity index (χ4v) is 15.3. The molecule has 0 aliphatic carbocycles. The van der Waals surface area contributed by atoms with Crippen LogP contribution in [0.4, 0.5) is 0 Å². The lowest BCUT2D eigenvalue weighted by Crippen LogP contribution is -2.01. The predicted octanol–water partition coefficient (Wildman–Crippen LogP) is 23.2. The normalized spacial score (nSPS) is 10.7. The van der Waals surface area contributed by atoms with Gasteiger partial charge in [0.05, 0.1) is 132 Å². The second-order valence-corrected chi connectivity index (χ2v) is 30.3. The molecule has 3 N–H and O–H groups in total. The van der Waals surface area contributed by atoms with E-state index in [1.165, 1.54) is 29.4 Å². The molecule has 5 heterocycles. The van der Waals surface area contributed by atoms with Gasteiger partial charge in [0.1, 0.15) is 46.8 Å². The van der Waals surface area contributed by atoms with Gasteiger partial charge in [-0.05, 0) is 205 Å². The predicted molar refractivity (Wildman–Crippen MR) is 511 cm³/mol. The third-order valence-electron chi connectivity index (χ3n) is 22.2. The summed E-state index contributed by atoms with van der Waals surface area (Å²) in [5.41, 5.74) is 27.8. The van der Waals surface area contributed by atoms with E-state index in [4.69, 9.17) is 29.5 Å². The van der Waals surface area contributed by atoms with E-state index in [0.717, 1.165) is 161 Å². The van der Waals surface area contributed by atoms with Gasteiger partial charge in [0.15, 0.2) is 11.5 Å². The Kier molecular flexibility index (Phi) is 27.4. The number of carboxylic acid groups (broad SMARTS) is 1. The van der Waals surface area contributed by atoms with Gasteiger partial charge in [-0.25, -0.2) is 29.7 Å². The molecule has 0 bridgehead atoms. The molecule has 0 saturated heterocycles. The number of aromatic nitrogens is 10. The van der Waals surface area contributed by atoms with E-state index in [-0.39, 0.29) is 35.6 Å². The summed E-state index contributed by atoms with van der Waals surface area (Å²) in [5.74, 6) is 1.44. The molecule has 20 aromatic rings. The van der Waals surface area contributed by atoms with Crippen molar-refractivity contribution in [1.82, 2.24) is 47.8 Å². The maximum Gasteiger partial charge on any atom is 0.339 e. The Morgan fingerprint density at radius 1 is 0.277 bits per heavy atom. The largest absolute Gasteiger partial charge is 0.507 e. The molecular weight excluding hydrogens is 1620 g/mol. The van der Waals surface area contributed by atoms with E-state index >= 15 is 0 Å². The van der Waals surface area contributed by atoms with Gasteiger partial charge < -0.3 is 57.1 Å². The zero-order valence-corrected chi connectivity index (χ0v) is 70.9. The Hall–Kier alpha value is -17.6. The number of aromatic carboxylic acids is 1. The quantitative estimate of drug-likeness (QED) is 0.0639. The molecule has 0 saturated carbocycles. The zero-order valence-electron chi connectivity index (χ0n) is 70.9. The minimum Gasteiger partial charge on any atom is -0.507 e. The number of aromatic hydroxyl groups is 2. The van der Waals surface area contributed by atoms with Crippen molar-refractivity contribution in [2.24, 2.45) is 0 Å². The van der Waals surface area contributed by atoms with E-state index in [0.29, 0.717) is 17.1 Å². The zero-order chi connectivity index (χ0) is 89.1. The molecule has 0 amide bonds. The van der Waals surface area contributed by atoms with Crippen LogP contribution in [0.5, 0.6) is 34.5 Å². The molecule has 0 aliphatic rings. The first-order valence-electron chi connectivity index (χ1n) is 41.3. The molecule has 130 heavy (non-hydrogen) atoms. The number of rotatable bonds is 20. The average molecular weight is 1710 g/mol. The fourth-order valence-electron chi connectivity index (χ4n) is 15.3. The molecule has 5 aromatic heterocycles. The molecular formula is C109H89N13O8. The summed E-state index contributed by atoms with van der Waals surface area (Å²) in [4.78, 5) is 33.6. The summed E-state index contributed by atoms with van der Waals surface area (Å²) in [6, 6.07) is 115. The molecule has 0 atom stereocenters. The topological polar surface area (TPSA) is 275 Å². The number of hydrogen-bond donors (Lipinski definition) is 3. The second kappa shape index (κ2) is 40.8. The van der Waals surface area contributed by atoms with Gasteiger partial charge in [-0.15, -0.1) is 0 Å². The summed E-state index contributed by atoms with van der Waals surface area (Å²) >= 11 is 0. The van der Waals surface area contributed by atoms with E-state index in [2.05, 4.69) is 169 Å². The van der Waals surface area contributed by atoms with Crippen LogP contribution in [0.15, 0.2) is 365 Å². The Balaban J connectivity index is 0.000000124. The minimum absolute atomic E-state index is 0. The van der Waals surface area contributed by atoms with Crippen LogP contribution in [-0.4, -0.2) is 97.5 Å². The van der Waals surface area contributed by atoms with Gasteiger partial charge in [0, 0.05) is 32.7 Å². The van der Waals surface area contributed by atoms with Crippen molar-refractivity contribution in [2.75, 3.05) is 28.4 Å². The standard InChI is InChI=1S/C22H17N3O.C22H18N2O3.C22H20N2O2.2C21H15N3O.CH4/c1-26-22-11-10-18(12-19(22)13-23)17-8-6-16(7-9-17)14-25-15-24-20-4-2-3-5-21(20)25;1-27-21-11-10-17(12-18(21)22(25)26)16-8-6-15(7-9-16)13-24-14-23-19-4-2-3-5-20(19)24;1-25-21-12-11-18(13-22(21)26-2)17-9-7-16(8-10-17)14-24-15-23-19-5-3-4-6-20(19)24;2*22-12-18-11-17(9-10-21(18)25)16-7-5-15(6-8-16)13-24-14-23-19-3-1-2-4-20(19)24;/h2-12,15H,14H2,1H3;2-12,14H,13H2,1H3,(H,25,26);3-13,15H,14H2,1-2H3;2*1-11,14,25H,13H2;1H4. The molecule has 0 aliphatic heterocycles. The molecule has 0 unspecified atom stereocenters. The van der Waals surface area contributed by atoms with Crippen LogP contribution >= 0.6 is 0 Å². The van der Waals surface area contributed by atoms with Crippen molar-refractivity contribution in [3.8, 4) is 108 Å². The number of imidazole rings is 5. The van der Waals surface area contributed by atoms with Crippen LogP contribution in [-0.2, 0) is 32.7 Å². The van der Waals surface area contributed by atoms with Crippen molar-refractivity contribution < 1.29 is 39.1 Å². The van der Waals surface area contributed by atoms with E-state index in [1.54, 1.807) is 57.7 Å². The first kappa shape index (κ1) is 87.3. The number of hydrogen-bond acceptors (Lipinski definition) is 15. The SMILES string of the molecule is C.COc1ccc(-c2ccc(Cn3cnc4ccccc43)cc2)cc1C#N.COc1ccc(-c2ccc(Cn3cnc4ccccc43)cc2)cc1C(=O)O.COc1ccc(-c2ccc(Cn3cnc4ccccc43)cc2)cc1OC.N#Cc1cc(-c2ccc(Cn3cnc4ccccc43)cc2)ccc1O.N#Cc1cc(-c2ccc(Cn3cnc4ccccc43)cc2)ccc1O. The van der Waals surface area contributed by atoms with Gasteiger partial charge in [0.25, 0.3) is 0 Å².